The highest BCUT2D eigenvalue weighted by atomic mass is 32.2. The topological polar surface area (TPSA) is 246 Å². The van der Waals surface area contributed by atoms with E-state index in [0.717, 1.165) is 22.7 Å². The van der Waals surface area contributed by atoms with E-state index in [2.05, 4.69) is 19.9 Å². The van der Waals surface area contributed by atoms with Crippen LogP contribution in [0.2, 0.25) is 0 Å². The number of fused-ring (bicyclic) bond motifs is 1. The normalized spacial score (nSPS) is 21.5. The maximum atomic E-state index is 15.1. The number of benzene rings is 3. The molecule has 3 aromatic carbocycles. The molecule has 5 heterocycles. The van der Waals surface area contributed by atoms with Gasteiger partial charge in [-0.15, -0.1) is 0 Å². The standard InChI is InChI=1S/C46H51FN8O12S2/c1-4-52(2)69(62,63)51-38-10-8-36(47)43(35(38)24-48)66-31-6-9-37-34(21-31)45(59)55(28-49-37)25-29-23-46(64-27-29)15-19-54(20-16-46)42(57)26-53-17-13-30(14-18-53)33-7-5-32(22-40(33)67-68(3,60)61)65-39-11-12-41(56)50-44(39)58/h5-10,21-22,25,28-30,39,51H,4,11-20,23,26-27H2,1-3H3/p+1. The molecule has 0 aliphatic carbocycles. The number of ether oxygens (including phenoxy) is 3. The number of carbonyl (C=O) groups is 4. The highest BCUT2D eigenvalue weighted by molar-refractivity contribution is 7.90. The zero-order valence-electron chi connectivity index (χ0n) is 38.2. The Morgan fingerprint density at radius 1 is 1.06 bits per heavy atom. The lowest BCUT2D eigenvalue weighted by molar-refractivity contribution is -0.290. The minimum atomic E-state index is -4.04. The molecule has 0 aromatic heterocycles. The van der Waals surface area contributed by atoms with Crippen LogP contribution >= 0.6 is 0 Å². The smallest absolute Gasteiger partial charge is 0.349 e. The van der Waals surface area contributed by atoms with E-state index in [0.29, 0.717) is 76.1 Å². The van der Waals surface area contributed by atoms with Crippen LogP contribution in [0.5, 0.6) is 23.0 Å². The third-order valence-corrected chi connectivity index (χ3v) is 15.0. The molecule has 0 saturated carbocycles. The number of amides is 4. The van der Waals surface area contributed by atoms with E-state index in [9.17, 15) is 41.3 Å². The van der Waals surface area contributed by atoms with Gasteiger partial charge in [0.2, 0.25) is 11.8 Å². The van der Waals surface area contributed by atoms with E-state index in [1.165, 1.54) is 42.2 Å². The number of rotatable bonds is 14. The Kier molecular flexibility index (Phi) is 14.2. The molecule has 23 heteroatoms. The molecule has 4 amide bonds. The highest BCUT2D eigenvalue weighted by Gasteiger charge is 2.44. The molecule has 2 N–H and O–H groups in total. The summed E-state index contributed by atoms with van der Waals surface area (Å²) in [5.74, 6) is -2.63. The van der Waals surface area contributed by atoms with Gasteiger partial charge in [-0.25, -0.2) is 9.18 Å². The number of hydrogen-bond acceptors (Lipinski definition) is 15. The number of nitrogens with zero attached hydrogens (tertiary/aromatic N) is 6. The van der Waals surface area contributed by atoms with Gasteiger partial charge in [-0.05, 0) is 92.0 Å². The fourth-order valence-electron chi connectivity index (χ4n) is 9.16. The minimum Gasteiger partial charge on any atom is -0.480 e. The van der Waals surface area contributed by atoms with Gasteiger partial charge >= 0.3 is 26.2 Å². The molecular formula is C46H52FN8O12S2+. The van der Waals surface area contributed by atoms with E-state index >= 15 is 4.39 Å². The van der Waals surface area contributed by atoms with E-state index < -0.39 is 55.4 Å². The first kappa shape index (κ1) is 49.1. The second-order valence-electron chi connectivity index (χ2n) is 17.8. The molecular weight excluding hydrogens is 940 g/mol. The highest BCUT2D eigenvalue weighted by Crippen LogP contribution is 2.41. The van der Waals surface area contributed by atoms with Crippen molar-refractivity contribution in [1.82, 2.24) is 19.4 Å². The van der Waals surface area contributed by atoms with Gasteiger partial charge in [-0.2, -0.15) is 31.0 Å². The van der Waals surface area contributed by atoms with Crippen molar-refractivity contribution in [3.63, 3.8) is 0 Å². The number of halogens is 1. The van der Waals surface area contributed by atoms with Crippen molar-refractivity contribution >= 4 is 67.9 Å². The van der Waals surface area contributed by atoms with Crippen molar-refractivity contribution in [1.29, 1.82) is 5.26 Å². The first-order chi connectivity index (χ1) is 32.8. The van der Waals surface area contributed by atoms with Gasteiger partial charge in [0.25, 0.3) is 12.2 Å². The van der Waals surface area contributed by atoms with Crippen LogP contribution in [-0.4, -0.2) is 143 Å². The Morgan fingerprint density at radius 2 is 1.80 bits per heavy atom. The maximum absolute atomic E-state index is 15.1. The number of nitrogens with one attached hydrogen (secondary N) is 2. The molecule has 5 aliphatic heterocycles. The van der Waals surface area contributed by atoms with Crippen molar-refractivity contribution in [2.45, 2.75) is 69.5 Å². The summed E-state index contributed by atoms with van der Waals surface area (Å²) in [7, 11) is -6.59. The quantitative estimate of drug-likeness (QED) is 0.133. The number of aliphatic imine (C=N–C) groups is 1. The number of piperidine rings is 3. The Labute approximate surface area is 399 Å². The van der Waals surface area contributed by atoms with Crippen molar-refractivity contribution in [2.75, 3.05) is 63.9 Å². The van der Waals surface area contributed by atoms with Gasteiger partial charge in [-0.1, -0.05) is 13.0 Å². The summed E-state index contributed by atoms with van der Waals surface area (Å²) < 4.78 is 92.9. The first-order valence-corrected chi connectivity index (χ1v) is 25.8. The molecule has 8 rings (SSSR count). The number of likely N-dealkylation sites (tertiary alicyclic amines) is 2. The van der Waals surface area contributed by atoms with Gasteiger partial charge in [0, 0.05) is 57.6 Å². The molecule has 4 saturated heterocycles. The van der Waals surface area contributed by atoms with Crippen LogP contribution < -0.4 is 23.7 Å². The molecule has 4 fully saturated rings. The second kappa shape index (κ2) is 20.0. The molecule has 2 atom stereocenters. The Morgan fingerprint density at radius 3 is 2.49 bits per heavy atom. The fraction of sp³-hybridized carbons (Fsp3) is 0.457. The fourth-order valence-corrected chi connectivity index (χ4v) is 10.6. The lowest BCUT2D eigenvalue weighted by Gasteiger charge is -2.40. The second-order valence-corrected chi connectivity index (χ2v) is 21.1. The van der Waals surface area contributed by atoms with Crippen LogP contribution in [0.15, 0.2) is 53.5 Å². The predicted molar refractivity (Wildman–Crippen MR) is 247 cm³/mol. The first-order valence-electron chi connectivity index (χ1n) is 22.5. The lowest BCUT2D eigenvalue weighted by atomic mass is 9.85. The third-order valence-electron chi connectivity index (χ3n) is 13.0. The maximum Gasteiger partial charge on any atom is 0.349 e. The van der Waals surface area contributed by atoms with Crippen molar-refractivity contribution < 1.29 is 63.4 Å². The van der Waals surface area contributed by atoms with Gasteiger partial charge in [0.05, 0.1) is 36.9 Å². The van der Waals surface area contributed by atoms with Crippen LogP contribution in [0.25, 0.3) is 0 Å². The molecule has 20 nitrogen and oxygen atoms in total. The zero-order chi connectivity index (χ0) is 49.3. The minimum absolute atomic E-state index is 0.00121. The Hall–Kier alpha value is -6.32. The number of carbonyl (C=O) groups excluding carboxylic acids is 4. The van der Waals surface area contributed by atoms with Crippen LogP contribution in [0, 0.1) is 23.1 Å². The van der Waals surface area contributed by atoms with Gasteiger partial charge in [0.15, 0.2) is 23.4 Å². The van der Waals surface area contributed by atoms with Crippen molar-refractivity contribution in [3.8, 4) is 29.1 Å². The average Bonchev–Trinajstić information content (AvgIpc) is 3.70. The van der Waals surface area contributed by atoms with Crippen LogP contribution in [-0.2, 0) is 39.4 Å². The van der Waals surface area contributed by atoms with Crippen LogP contribution in [0.1, 0.15) is 79.3 Å². The molecule has 0 radical (unpaired) electrons. The molecule has 1 spiro atoms. The van der Waals surface area contributed by atoms with Gasteiger partial charge in [-0.3, -0.25) is 29.3 Å². The summed E-state index contributed by atoms with van der Waals surface area (Å²) in [6.07, 6.45) is 6.68. The molecule has 2 unspecified atom stereocenters. The number of nitriles is 1. The largest absolute Gasteiger partial charge is 0.480 e. The van der Waals surface area contributed by atoms with Gasteiger partial charge in [0.1, 0.15) is 34.4 Å². The summed E-state index contributed by atoms with van der Waals surface area (Å²) in [5, 5.41) is 12.2. The average molecular weight is 992 g/mol. The summed E-state index contributed by atoms with van der Waals surface area (Å²) in [4.78, 5) is 59.5. The van der Waals surface area contributed by atoms with E-state index in [4.69, 9.17) is 18.4 Å². The third kappa shape index (κ3) is 11.3. The summed E-state index contributed by atoms with van der Waals surface area (Å²) in [5.41, 5.74) is 0.147. The zero-order valence-corrected chi connectivity index (χ0v) is 39.8. The Bertz CT molecular complexity index is 2890. The van der Waals surface area contributed by atoms with Crippen LogP contribution in [0.4, 0.5) is 15.8 Å². The lowest BCUT2D eigenvalue weighted by Crippen LogP contribution is -2.50. The summed E-state index contributed by atoms with van der Waals surface area (Å²) in [6.45, 7) is 4.55. The SMILES string of the molecule is CCN(C)S(=O)(=O)Nc1ccc(F)c(Oc2ccc3c(c2)C(=O)[N+](=CC2COC4(CCN(C(=O)CN5CCC(c6ccc(OC7CCC(=O)NC7=O)cc6OS(C)(=O)=O)CC5)CC4)C2)C=N3)c1C#N. The molecule has 366 valence electrons. The molecule has 0 bridgehead atoms. The molecule has 5 aliphatic rings. The number of imide groups is 1. The number of anilines is 1. The van der Waals surface area contributed by atoms with Crippen molar-refractivity contribution in [2.24, 2.45) is 10.9 Å². The number of hydrogen-bond donors (Lipinski definition) is 2. The summed E-state index contributed by atoms with van der Waals surface area (Å²) >= 11 is 0. The van der Waals surface area contributed by atoms with E-state index in [1.54, 1.807) is 25.3 Å². The van der Waals surface area contributed by atoms with E-state index in [-0.39, 0.29) is 83.6 Å². The molecule has 3 aromatic rings. The van der Waals surface area contributed by atoms with Gasteiger partial charge < -0.3 is 23.3 Å². The Balaban J connectivity index is 0.836. The predicted octanol–water partition coefficient (Wildman–Crippen LogP) is 3.79. The molecule has 69 heavy (non-hydrogen) atoms. The van der Waals surface area contributed by atoms with E-state index in [1.807, 2.05) is 11.0 Å². The monoisotopic (exact) mass is 991 g/mol. The van der Waals surface area contributed by atoms with Crippen LogP contribution in [0.3, 0.4) is 0 Å². The van der Waals surface area contributed by atoms with Crippen molar-refractivity contribution in [3.05, 3.63) is 71.0 Å². The summed E-state index contributed by atoms with van der Waals surface area (Å²) in [6, 6.07) is 13.1.